The number of ether oxygens (including phenoxy) is 1. The Kier molecular flexibility index (Phi) is 3.46. The molecule has 0 fully saturated rings. The molecule has 0 spiro atoms. The second-order valence-electron chi connectivity index (χ2n) is 3.27. The third kappa shape index (κ3) is 2.16. The number of rotatable bonds is 2. The minimum Gasteiger partial charge on any atom is -0.465 e. The summed E-state index contributed by atoms with van der Waals surface area (Å²) in [6.45, 7) is 3.73. The molecule has 0 N–H and O–H groups in total. The van der Waals surface area contributed by atoms with E-state index >= 15 is 0 Å². The van der Waals surface area contributed by atoms with Crippen molar-refractivity contribution in [1.82, 2.24) is 0 Å². The zero-order valence-electron chi connectivity index (χ0n) is 9.13. The Morgan fingerprint density at radius 2 is 2.20 bits per heavy atom. The van der Waals surface area contributed by atoms with Gasteiger partial charge in [-0.15, -0.1) is 0 Å². The number of benzene rings is 1. The molecule has 1 aromatic rings. The van der Waals surface area contributed by atoms with Crippen LogP contribution in [0.1, 0.15) is 34.0 Å². The number of nitriles is 1. The van der Waals surface area contributed by atoms with E-state index in [2.05, 4.69) is 10.8 Å². The van der Waals surface area contributed by atoms with Gasteiger partial charge in [0.25, 0.3) is 0 Å². The minimum absolute atomic E-state index is 0.390. The largest absolute Gasteiger partial charge is 0.465 e. The first-order valence-corrected chi connectivity index (χ1v) is 4.76. The van der Waals surface area contributed by atoms with E-state index in [1.54, 1.807) is 13.0 Å². The van der Waals surface area contributed by atoms with E-state index in [-0.39, 0.29) is 5.97 Å². The van der Waals surface area contributed by atoms with Crippen molar-refractivity contribution in [2.24, 2.45) is 0 Å². The van der Waals surface area contributed by atoms with Gasteiger partial charge in [0.2, 0.25) is 0 Å². The van der Waals surface area contributed by atoms with Crippen molar-refractivity contribution in [3.8, 4) is 6.07 Å². The van der Waals surface area contributed by atoms with Crippen LogP contribution in [0.25, 0.3) is 0 Å². The van der Waals surface area contributed by atoms with Gasteiger partial charge in [0, 0.05) is 0 Å². The summed E-state index contributed by atoms with van der Waals surface area (Å²) in [5.74, 6) is -0.390. The van der Waals surface area contributed by atoms with Gasteiger partial charge in [-0.1, -0.05) is 6.92 Å². The van der Waals surface area contributed by atoms with Gasteiger partial charge in [0.15, 0.2) is 0 Å². The highest BCUT2D eigenvalue weighted by Gasteiger charge is 2.13. The Morgan fingerprint density at radius 3 is 2.67 bits per heavy atom. The molecular formula is C12H13NO2. The lowest BCUT2D eigenvalue weighted by Gasteiger charge is -2.07. The Morgan fingerprint density at radius 1 is 1.53 bits per heavy atom. The molecule has 0 unspecified atom stereocenters. The van der Waals surface area contributed by atoms with Gasteiger partial charge in [-0.3, -0.25) is 0 Å². The monoisotopic (exact) mass is 203 g/mol. The van der Waals surface area contributed by atoms with E-state index < -0.39 is 0 Å². The molecule has 0 heterocycles. The number of hydrogen-bond acceptors (Lipinski definition) is 3. The van der Waals surface area contributed by atoms with Crippen molar-refractivity contribution in [3.63, 3.8) is 0 Å². The fourth-order valence-electron chi connectivity index (χ4n) is 1.42. The quantitative estimate of drug-likeness (QED) is 0.692. The van der Waals surface area contributed by atoms with Crippen LogP contribution in [0.2, 0.25) is 0 Å². The molecule has 0 aliphatic heterocycles. The van der Waals surface area contributed by atoms with Gasteiger partial charge in [-0.05, 0) is 36.6 Å². The summed E-state index contributed by atoms with van der Waals surface area (Å²) >= 11 is 0. The second kappa shape index (κ2) is 4.61. The molecule has 0 aliphatic carbocycles. The van der Waals surface area contributed by atoms with Crippen molar-refractivity contribution in [2.45, 2.75) is 20.3 Å². The molecule has 0 atom stereocenters. The van der Waals surface area contributed by atoms with E-state index in [0.29, 0.717) is 16.7 Å². The minimum atomic E-state index is -0.390. The maximum Gasteiger partial charge on any atom is 0.338 e. The number of carbonyl (C=O) groups excluding carboxylic acids is 1. The predicted octanol–water partition coefficient (Wildman–Crippen LogP) is 2.22. The standard InChI is InChI=1S/C12H13NO2/c1-4-9-5-10(7-13)8(2)11(6-9)12(14)15-3/h5-6H,4H2,1-3H3. The van der Waals surface area contributed by atoms with Crippen molar-refractivity contribution in [1.29, 1.82) is 5.26 Å². The van der Waals surface area contributed by atoms with E-state index in [1.807, 2.05) is 13.0 Å². The van der Waals surface area contributed by atoms with Crippen molar-refractivity contribution in [2.75, 3.05) is 7.11 Å². The number of hydrogen-bond donors (Lipinski definition) is 0. The summed E-state index contributed by atoms with van der Waals surface area (Å²) in [5.41, 5.74) is 2.67. The lowest BCUT2D eigenvalue weighted by Crippen LogP contribution is -2.06. The first-order chi connectivity index (χ1) is 7.13. The number of carbonyl (C=O) groups is 1. The normalized spacial score (nSPS) is 9.47. The zero-order valence-corrected chi connectivity index (χ0v) is 9.13. The summed E-state index contributed by atoms with van der Waals surface area (Å²) in [4.78, 5) is 11.4. The van der Waals surface area contributed by atoms with E-state index in [0.717, 1.165) is 12.0 Å². The third-order valence-electron chi connectivity index (χ3n) is 2.40. The van der Waals surface area contributed by atoms with Gasteiger partial charge in [-0.2, -0.15) is 5.26 Å². The zero-order chi connectivity index (χ0) is 11.4. The van der Waals surface area contributed by atoms with Gasteiger partial charge >= 0.3 is 5.97 Å². The van der Waals surface area contributed by atoms with E-state index in [4.69, 9.17) is 5.26 Å². The average Bonchev–Trinajstić information content (AvgIpc) is 2.28. The highest BCUT2D eigenvalue weighted by Crippen LogP contribution is 2.17. The summed E-state index contributed by atoms with van der Waals surface area (Å²) in [5, 5.41) is 8.92. The molecule has 1 rings (SSSR count). The highest BCUT2D eigenvalue weighted by molar-refractivity contribution is 5.91. The number of aryl methyl sites for hydroxylation is 1. The van der Waals surface area contributed by atoms with Crippen LogP contribution in [-0.4, -0.2) is 13.1 Å². The lowest BCUT2D eigenvalue weighted by atomic mass is 9.98. The van der Waals surface area contributed by atoms with Crippen LogP contribution in [0.5, 0.6) is 0 Å². The van der Waals surface area contributed by atoms with Gasteiger partial charge < -0.3 is 4.74 Å². The van der Waals surface area contributed by atoms with Crippen molar-refractivity contribution in [3.05, 3.63) is 34.4 Å². The smallest absolute Gasteiger partial charge is 0.338 e. The molecule has 0 amide bonds. The Bertz CT molecular complexity index is 430. The maximum absolute atomic E-state index is 11.4. The molecule has 15 heavy (non-hydrogen) atoms. The van der Waals surface area contributed by atoms with Gasteiger partial charge in [0.1, 0.15) is 0 Å². The van der Waals surface area contributed by atoms with Gasteiger partial charge in [-0.25, -0.2) is 4.79 Å². The molecular weight excluding hydrogens is 190 g/mol. The van der Waals surface area contributed by atoms with Crippen LogP contribution in [0.3, 0.4) is 0 Å². The molecule has 78 valence electrons. The summed E-state index contributed by atoms with van der Waals surface area (Å²) in [7, 11) is 1.34. The Labute approximate surface area is 89.3 Å². The molecule has 0 saturated carbocycles. The third-order valence-corrected chi connectivity index (χ3v) is 2.40. The first kappa shape index (κ1) is 11.3. The van der Waals surface area contributed by atoms with Crippen LogP contribution >= 0.6 is 0 Å². The fourth-order valence-corrected chi connectivity index (χ4v) is 1.42. The molecule has 3 nitrogen and oxygen atoms in total. The highest BCUT2D eigenvalue weighted by atomic mass is 16.5. The number of esters is 1. The van der Waals surface area contributed by atoms with Crippen LogP contribution in [0.4, 0.5) is 0 Å². The van der Waals surface area contributed by atoms with Gasteiger partial charge in [0.05, 0.1) is 24.3 Å². The molecule has 1 aromatic carbocycles. The Balaban J connectivity index is 3.38. The average molecular weight is 203 g/mol. The lowest BCUT2D eigenvalue weighted by molar-refractivity contribution is 0.0599. The molecule has 0 aromatic heterocycles. The van der Waals surface area contributed by atoms with E-state index in [9.17, 15) is 4.79 Å². The topological polar surface area (TPSA) is 50.1 Å². The SMILES string of the molecule is CCc1cc(C#N)c(C)c(C(=O)OC)c1. The predicted molar refractivity (Wildman–Crippen MR) is 56.6 cm³/mol. The van der Waals surface area contributed by atoms with Crippen LogP contribution in [0.15, 0.2) is 12.1 Å². The summed E-state index contributed by atoms with van der Waals surface area (Å²) < 4.78 is 4.67. The van der Waals surface area contributed by atoms with Crippen LogP contribution in [0, 0.1) is 18.3 Å². The molecule has 3 heteroatoms. The summed E-state index contributed by atoms with van der Waals surface area (Å²) in [6, 6.07) is 5.67. The first-order valence-electron chi connectivity index (χ1n) is 4.76. The van der Waals surface area contributed by atoms with Crippen LogP contribution < -0.4 is 0 Å². The fraction of sp³-hybridized carbons (Fsp3) is 0.333. The maximum atomic E-state index is 11.4. The van der Waals surface area contributed by atoms with Crippen molar-refractivity contribution < 1.29 is 9.53 Å². The molecule has 0 radical (unpaired) electrons. The Hall–Kier alpha value is -1.82. The molecule has 0 aliphatic rings. The number of nitrogens with zero attached hydrogens (tertiary/aromatic N) is 1. The number of methoxy groups -OCH3 is 1. The van der Waals surface area contributed by atoms with Crippen LogP contribution in [-0.2, 0) is 11.2 Å². The van der Waals surface area contributed by atoms with Crippen molar-refractivity contribution >= 4 is 5.97 Å². The molecule has 0 bridgehead atoms. The summed E-state index contributed by atoms with van der Waals surface area (Å²) in [6.07, 6.45) is 0.791. The van der Waals surface area contributed by atoms with E-state index in [1.165, 1.54) is 7.11 Å². The molecule has 0 saturated heterocycles. The second-order valence-corrected chi connectivity index (χ2v) is 3.27.